The van der Waals surface area contributed by atoms with E-state index in [0.717, 1.165) is 6.42 Å². The number of hydrogen-bond donors (Lipinski definition) is 1. The molecule has 0 saturated heterocycles. The maximum atomic E-state index is 12.3. The highest BCUT2D eigenvalue weighted by Gasteiger charge is 2.36. The number of nitrogens with one attached hydrogen (secondary N) is 1. The largest absolute Gasteiger partial charge is 0.500 e. The standard InChI is InChI=1S/C14H31NO4S2Si/c1-11(2)20-14(21-12(3)4)13(16)15-9-8-10-22(17-5,18-6)19-7/h11-12,14H,8-10H2,1-7H3,(H,15,16). The van der Waals surface area contributed by atoms with Gasteiger partial charge in [-0.3, -0.25) is 4.79 Å². The third-order valence-corrected chi connectivity index (χ3v) is 8.41. The molecule has 0 saturated carbocycles. The number of thioether (sulfide) groups is 2. The molecule has 0 aliphatic rings. The van der Waals surface area contributed by atoms with Crippen molar-refractivity contribution in [2.45, 2.75) is 55.2 Å². The average molecular weight is 370 g/mol. The van der Waals surface area contributed by atoms with E-state index in [1.807, 2.05) is 0 Å². The zero-order valence-electron chi connectivity index (χ0n) is 14.8. The molecule has 0 aromatic heterocycles. The van der Waals surface area contributed by atoms with Gasteiger partial charge in [-0.05, 0) is 6.42 Å². The van der Waals surface area contributed by atoms with E-state index in [4.69, 9.17) is 13.3 Å². The first-order valence-electron chi connectivity index (χ1n) is 7.54. The minimum atomic E-state index is -2.53. The van der Waals surface area contributed by atoms with Gasteiger partial charge in [-0.25, -0.2) is 0 Å². The topological polar surface area (TPSA) is 56.8 Å². The Morgan fingerprint density at radius 3 is 1.82 bits per heavy atom. The van der Waals surface area contributed by atoms with Crippen LogP contribution < -0.4 is 5.32 Å². The molecule has 1 N–H and O–H groups in total. The highest BCUT2D eigenvalue weighted by Crippen LogP contribution is 2.30. The van der Waals surface area contributed by atoms with Gasteiger partial charge >= 0.3 is 8.80 Å². The van der Waals surface area contributed by atoms with Gasteiger partial charge in [0.25, 0.3) is 0 Å². The molecule has 0 spiro atoms. The van der Waals surface area contributed by atoms with Crippen LogP contribution in [0.2, 0.25) is 6.04 Å². The molecule has 0 aliphatic carbocycles. The summed E-state index contributed by atoms with van der Waals surface area (Å²) in [5.74, 6) is 0.0944. The molecule has 0 bridgehead atoms. The Hall–Kier alpha value is 0.267. The quantitative estimate of drug-likeness (QED) is 0.324. The van der Waals surface area contributed by atoms with Crippen molar-refractivity contribution >= 4 is 38.2 Å². The Labute approximate surface area is 145 Å². The van der Waals surface area contributed by atoms with Crippen LogP contribution in [-0.4, -0.2) is 57.7 Å². The molecule has 0 radical (unpaired) electrons. The van der Waals surface area contributed by atoms with Gasteiger partial charge in [-0.15, -0.1) is 23.5 Å². The van der Waals surface area contributed by atoms with Crippen LogP contribution in [0.3, 0.4) is 0 Å². The average Bonchev–Trinajstić information content (AvgIpc) is 2.46. The normalized spacial score (nSPS) is 12.5. The molecule has 132 valence electrons. The number of carbonyl (C=O) groups is 1. The number of amides is 1. The lowest BCUT2D eigenvalue weighted by atomic mass is 10.5. The third-order valence-electron chi connectivity index (χ3n) is 2.90. The maximum Gasteiger partial charge on any atom is 0.500 e. The monoisotopic (exact) mass is 369 g/mol. The van der Waals surface area contributed by atoms with Crippen molar-refractivity contribution in [2.24, 2.45) is 0 Å². The molecular formula is C14H31NO4S2Si. The Kier molecular flexibility index (Phi) is 11.9. The van der Waals surface area contributed by atoms with Crippen molar-refractivity contribution in [3.63, 3.8) is 0 Å². The van der Waals surface area contributed by atoms with Gasteiger partial charge in [0.1, 0.15) is 4.58 Å². The highest BCUT2D eigenvalue weighted by atomic mass is 32.2. The first-order chi connectivity index (χ1) is 10.3. The third kappa shape index (κ3) is 8.78. The maximum absolute atomic E-state index is 12.3. The van der Waals surface area contributed by atoms with Gasteiger partial charge < -0.3 is 18.6 Å². The van der Waals surface area contributed by atoms with Crippen molar-refractivity contribution in [3.8, 4) is 0 Å². The van der Waals surface area contributed by atoms with E-state index >= 15 is 0 Å². The number of hydrogen-bond acceptors (Lipinski definition) is 6. The fraction of sp³-hybridized carbons (Fsp3) is 0.929. The molecule has 0 fully saturated rings. The van der Waals surface area contributed by atoms with E-state index in [1.165, 1.54) is 0 Å². The summed E-state index contributed by atoms with van der Waals surface area (Å²) in [7, 11) is 2.28. The molecule has 0 atom stereocenters. The second-order valence-electron chi connectivity index (χ2n) is 5.39. The summed E-state index contributed by atoms with van der Waals surface area (Å²) in [4.78, 5) is 12.3. The summed E-state index contributed by atoms with van der Waals surface area (Å²) in [6.07, 6.45) is 0.777. The molecule has 0 unspecified atom stereocenters. The van der Waals surface area contributed by atoms with Gasteiger partial charge in [-0.1, -0.05) is 27.7 Å². The molecule has 0 aromatic carbocycles. The summed E-state index contributed by atoms with van der Waals surface area (Å²) < 4.78 is 16.0. The summed E-state index contributed by atoms with van der Waals surface area (Å²) in [6.45, 7) is 9.06. The lowest BCUT2D eigenvalue weighted by molar-refractivity contribution is -0.119. The smallest absolute Gasteiger partial charge is 0.377 e. The molecule has 0 aromatic rings. The van der Waals surface area contributed by atoms with Gasteiger partial charge in [-0.2, -0.15) is 0 Å². The molecule has 1 amide bonds. The van der Waals surface area contributed by atoms with Gasteiger partial charge in [0.2, 0.25) is 5.91 Å². The first kappa shape index (κ1) is 22.3. The highest BCUT2D eigenvalue weighted by molar-refractivity contribution is 8.18. The van der Waals surface area contributed by atoms with E-state index in [9.17, 15) is 4.79 Å². The summed E-state index contributed by atoms with van der Waals surface area (Å²) in [5, 5.41) is 3.87. The van der Waals surface area contributed by atoms with Crippen LogP contribution in [0.15, 0.2) is 0 Å². The summed E-state index contributed by atoms with van der Waals surface area (Å²) >= 11 is 3.40. The van der Waals surface area contributed by atoms with E-state index in [1.54, 1.807) is 44.9 Å². The lowest BCUT2D eigenvalue weighted by Gasteiger charge is -2.24. The van der Waals surface area contributed by atoms with Gasteiger partial charge in [0, 0.05) is 44.4 Å². The summed E-state index contributed by atoms with van der Waals surface area (Å²) in [5.41, 5.74) is 0. The van der Waals surface area contributed by atoms with E-state index in [0.29, 0.717) is 23.1 Å². The lowest BCUT2D eigenvalue weighted by Crippen LogP contribution is -2.43. The van der Waals surface area contributed by atoms with Crippen LogP contribution in [0, 0.1) is 0 Å². The molecule has 0 aliphatic heterocycles. The molecule has 8 heteroatoms. The fourth-order valence-electron chi connectivity index (χ4n) is 1.81. The molecular weight excluding hydrogens is 338 g/mol. The van der Waals surface area contributed by atoms with E-state index < -0.39 is 8.80 Å². The SMILES string of the molecule is CO[Si](CCCNC(=O)C(SC(C)C)SC(C)C)(OC)OC. The second-order valence-corrected chi connectivity index (χ2v) is 12.2. The fourth-order valence-corrected chi connectivity index (χ4v) is 6.52. The van der Waals surface area contributed by atoms with Crippen molar-refractivity contribution in [2.75, 3.05) is 27.9 Å². The predicted octanol–water partition coefficient (Wildman–Crippen LogP) is 2.98. The predicted molar refractivity (Wildman–Crippen MR) is 98.5 cm³/mol. The van der Waals surface area contributed by atoms with E-state index in [2.05, 4.69) is 33.0 Å². The Bertz CT molecular complexity index is 297. The second kappa shape index (κ2) is 11.7. The molecule has 22 heavy (non-hydrogen) atoms. The minimum Gasteiger partial charge on any atom is -0.377 e. The Morgan fingerprint density at radius 2 is 1.45 bits per heavy atom. The number of rotatable bonds is 12. The van der Waals surface area contributed by atoms with Crippen LogP contribution in [0.5, 0.6) is 0 Å². The minimum absolute atomic E-state index is 0.0609. The molecule has 0 heterocycles. The Balaban J connectivity index is 4.28. The Morgan fingerprint density at radius 1 is 1.00 bits per heavy atom. The molecule has 0 rings (SSSR count). The van der Waals surface area contributed by atoms with Crippen LogP contribution in [0.4, 0.5) is 0 Å². The van der Waals surface area contributed by atoms with Gasteiger partial charge in [0.05, 0.1) is 0 Å². The molecule has 5 nitrogen and oxygen atoms in total. The first-order valence-corrected chi connectivity index (χ1v) is 11.4. The van der Waals surface area contributed by atoms with E-state index in [-0.39, 0.29) is 10.5 Å². The van der Waals surface area contributed by atoms with Crippen molar-refractivity contribution in [1.29, 1.82) is 0 Å². The van der Waals surface area contributed by atoms with Crippen molar-refractivity contribution in [3.05, 3.63) is 0 Å². The van der Waals surface area contributed by atoms with Crippen LogP contribution in [-0.2, 0) is 18.1 Å². The van der Waals surface area contributed by atoms with Crippen molar-refractivity contribution < 1.29 is 18.1 Å². The van der Waals surface area contributed by atoms with Gasteiger partial charge in [0.15, 0.2) is 0 Å². The number of carbonyl (C=O) groups excluding carboxylic acids is 1. The van der Waals surface area contributed by atoms with Crippen LogP contribution in [0.1, 0.15) is 34.1 Å². The van der Waals surface area contributed by atoms with Crippen molar-refractivity contribution in [1.82, 2.24) is 5.32 Å². The summed E-state index contributed by atoms with van der Waals surface area (Å²) in [6, 6.07) is 0.691. The van der Waals surface area contributed by atoms with Crippen LogP contribution in [0.25, 0.3) is 0 Å². The van der Waals surface area contributed by atoms with Crippen LogP contribution >= 0.6 is 23.5 Å². The zero-order chi connectivity index (χ0) is 17.2. The zero-order valence-corrected chi connectivity index (χ0v) is 17.4.